The fourth-order valence-corrected chi connectivity index (χ4v) is 2.42. The zero-order valence-corrected chi connectivity index (χ0v) is 13.6. The molecular formula is C17H17N3O4. The largest absolute Gasteiger partial charge is 0.464 e. The first-order valence-electron chi connectivity index (χ1n) is 7.22. The van der Waals surface area contributed by atoms with E-state index in [9.17, 15) is 14.9 Å². The number of carbonyl (C=O) groups is 2. The summed E-state index contributed by atoms with van der Waals surface area (Å²) < 4.78 is 11.2. The molecule has 7 heteroatoms. The fourth-order valence-electron chi connectivity index (χ4n) is 2.42. The minimum Gasteiger partial charge on any atom is -0.464 e. The van der Waals surface area contributed by atoms with Gasteiger partial charge in [0.05, 0.1) is 30.5 Å². The fraction of sp³-hybridized carbons (Fsp3) is 0.235. The van der Waals surface area contributed by atoms with Gasteiger partial charge < -0.3 is 19.8 Å². The van der Waals surface area contributed by atoms with Gasteiger partial charge in [0.25, 0.3) is 0 Å². The van der Waals surface area contributed by atoms with Crippen molar-refractivity contribution >= 4 is 17.6 Å². The van der Waals surface area contributed by atoms with Crippen LogP contribution >= 0.6 is 0 Å². The van der Waals surface area contributed by atoms with Gasteiger partial charge in [-0.25, -0.2) is 9.59 Å². The van der Waals surface area contributed by atoms with Gasteiger partial charge >= 0.3 is 11.9 Å². The van der Waals surface area contributed by atoms with Crippen molar-refractivity contribution in [2.45, 2.75) is 13.8 Å². The lowest BCUT2D eigenvalue weighted by atomic mass is 10.1. The highest BCUT2D eigenvalue weighted by atomic mass is 16.5. The predicted molar refractivity (Wildman–Crippen MR) is 86.9 cm³/mol. The number of nitrogens with zero attached hydrogens (tertiary/aromatic N) is 2. The molecule has 7 nitrogen and oxygen atoms in total. The maximum Gasteiger partial charge on any atom is 0.357 e. The molecule has 0 saturated carbocycles. The number of carbonyl (C=O) groups excluding carboxylic acids is 2. The molecule has 1 aromatic carbocycles. The average molecular weight is 327 g/mol. The van der Waals surface area contributed by atoms with Crippen LogP contribution in [0.15, 0.2) is 24.4 Å². The summed E-state index contributed by atoms with van der Waals surface area (Å²) in [4.78, 5) is 24.1. The van der Waals surface area contributed by atoms with E-state index in [0.29, 0.717) is 16.8 Å². The van der Waals surface area contributed by atoms with Gasteiger partial charge in [0.2, 0.25) is 0 Å². The van der Waals surface area contributed by atoms with Crippen molar-refractivity contribution in [3.63, 3.8) is 0 Å². The number of hydrogen-bond donors (Lipinski definition) is 1. The smallest absolute Gasteiger partial charge is 0.357 e. The minimum absolute atomic E-state index is 0.0327. The van der Waals surface area contributed by atoms with Gasteiger partial charge in [-0.05, 0) is 31.5 Å². The van der Waals surface area contributed by atoms with Crippen molar-refractivity contribution < 1.29 is 19.1 Å². The van der Waals surface area contributed by atoms with Crippen LogP contribution in [0.25, 0.3) is 5.69 Å². The van der Waals surface area contributed by atoms with Gasteiger partial charge in [-0.15, -0.1) is 0 Å². The van der Waals surface area contributed by atoms with Crippen LogP contribution in [0.5, 0.6) is 0 Å². The third kappa shape index (κ3) is 2.82. The zero-order chi connectivity index (χ0) is 17.9. The summed E-state index contributed by atoms with van der Waals surface area (Å²) in [5.41, 5.74) is 7.62. The maximum absolute atomic E-state index is 12.1. The molecule has 124 valence electrons. The molecule has 0 aliphatic heterocycles. The number of nitrogen functional groups attached to an aromatic ring is 1. The van der Waals surface area contributed by atoms with Gasteiger partial charge in [-0.3, -0.25) is 0 Å². The summed E-state index contributed by atoms with van der Waals surface area (Å²) in [6, 6.07) is 6.95. The number of anilines is 1. The quantitative estimate of drug-likeness (QED) is 0.863. The molecule has 0 atom stereocenters. The van der Waals surface area contributed by atoms with Crippen molar-refractivity contribution in [1.29, 1.82) is 5.26 Å². The van der Waals surface area contributed by atoms with Gasteiger partial charge in [-0.1, -0.05) is 6.07 Å². The van der Waals surface area contributed by atoms with E-state index in [4.69, 9.17) is 15.2 Å². The second kappa shape index (κ2) is 6.87. The van der Waals surface area contributed by atoms with E-state index in [1.54, 1.807) is 32.0 Å². The molecule has 0 saturated heterocycles. The van der Waals surface area contributed by atoms with Crippen molar-refractivity contribution in [2.75, 3.05) is 19.5 Å². The summed E-state index contributed by atoms with van der Waals surface area (Å²) in [7, 11) is 1.23. The molecule has 0 amide bonds. The van der Waals surface area contributed by atoms with Gasteiger partial charge in [0.1, 0.15) is 6.07 Å². The topological polar surface area (TPSA) is 107 Å². The molecule has 0 fully saturated rings. The molecule has 0 radical (unpaired) electrons. The van der Waals surface area contributed by atoms with Gasteiger partial charge in [0.15, 0.2) is 5.69 Å². The maximum atomic E-state index is 12.1. The van der Waals surface area contributed by atoms with Crippen LogP contribution in [-0.4, -0.2) is 30.2 Å². The van der Waals surface area contributed by atoms with Crippen LogP contribution in [0.1, 0.15) is 38.9 Å². The standard InChI is InChI=1S/C17H17N3O4/c1-4-24-16(21)12-6-5-7-13(10(12)2)20-9-11(8-18)14(19)15(20)17(22)23-3/h5-7,9H,4,19H2,1-3H3. The third-order valence-electron chi connectivity index (χ3n) is 3.60. The minimum atomic E-state index is -0.671. The normalized spacial score (nSPS) is 10.1. The van der Waals surface area contributed by atoms with E-state index < -0.39 is 11.9 Å². The number of ether oxygens (including phenoxy) is 2. The van der Waals surface area contributed by atoms with E-state index in [2.05, 4.69) is 0 Å². The first-order chi connectivity index (χ1) is 11.5. The Balaban J connectivity index is 2.70. The summed E-state index contributed by atoms with van der Waals surface area (Å²) in [5.74, 6) is -1.13. The van der Waals surface area contributed by atoms with E-state index in [-0.39, 0.29) is 23.6 Å². The highest BCUT2D eigenvalue weighted by molar-refractivity contribution is 5.97. The van der Waals surface area contributed by atoms with Crippen molar-refractivity contribution in [3.05, 3.63) is 46.8 Å². The Bertz CT molecular complexity index is 846. The first kappa shape index (κ1) is 17.1. The molecule has 0 unspecified atom stereocenters. The molecule has 1 heterocycles. The van der Waals surface area contributed by atoms with Crippen LogP contribution in [0.2, 0.25) is 0 Å². The Kier molecular flexibility index (Phi) is 4.90. The Morgan fingerprint density at radius 1 is 1.33 bits per heavy atom. The average Bonchev–Trinajstić information content (AvgIpc) is 2.91. The summed E-state index contributed by atoms with van der Waals surface area (Å²) in [5, 5.41) is 9.17. The predicted octanol–water partition coefficient (Wildman–Crippen LogP) is 2.20. The molecular weight excluding hydrogens is 310 g/mol. The van der Waals surface area contributed by atoms with Crippen LogP contribution in [0, 0.1) is 18.3 Å². The summed E-state index contributed by atoms with van der Waals surface area (Å²) >= 11 is 0. The van der Waals surface area contributed by atoms with Crippen LogP contribution in [-0.2, 0) is 9.47 Å². The molecule has 2 aromatic rings. The Hall–Kier alpha value is -3.27. The van der Waals surface area contributed by atoms with E-state index >= 15 is 0 Å². The molecule has 24 heavy (non-hydrogen) atoms. The Morgan fingerprint density at radius 2 is 2.04 bits per heavy atom. The highest BCUT2D eigenvalue weighted by Gasteiger charge is 2.23. The number of methoxy groups -OCH3 is 1. The zero-order valence-electron chi connectivity index (χ0n) is 13.6. The molecule has 0 bridgehead atoms. The van der Waals surface area contributed by atoms with Crippen LogP contribution in [0.4, 0.5) is 5.69 Å². The second-order valence-corrected chi connectivity index (χ2v) is 4.95. The second-order valence-electron chi connectivity index (χ2n) is 4.95. The lowest BCUT2D eigenvalue weighted by Crippen LogP contribution is -2.13. The number of benzene rings is 1. The van der Waals surface area contributed by atoms with Crippen LogP contribution < -0.4 is 5.73 Å². The first-order valence-corrected chi connectivity index (χ1v) is 7.22. The number of hydrogen-bond acceptors (Lipinski definition) is 6. The number of rotatable bonds is 4. The Labute approximate surface area is 139 Å². The molecule has 0 aliphatic rings. The van der Waals surface area contributed by atoms with Crippen molar-refractivity contribution in [1.82, 2.24) is 4.57 Å². The number of aromatic nitrogens is 1. The van der Waals surface area contributed by atoms with Gasteiger partial charge in [0, 0.05) is 11.9 Å². The van der Waals surface area contributed by atoms with Crippen molar-refractivity contribution in [2.24, 2.45) is 0 Å². The summed E-state index contributed by atoms with van der Waals surface area (Å²) in [6.07, 6.45) is 1.44. The van der Waals surface area contributed by atoms with Crippen LogP contribution in [0.3, 0.4) is 0 Å². The number of esters is 2. The van der Waals surface area contributed by atoms with E-state index in [0.717, 1.165) is 0 Å². The number of nitriles is 1. The van der Waals surface area contributed by atoms with E-state index in [1.165, 1.54) is 17.9 Å². The highest BCUT2D eigenvalue weighted by Crippen LogP contribution is 2.27. The van der Waals surface area contributed by atoms with E-state index in [1.807, 2.05) is 6.07 Å². The SMILES string of the molecule is CCOC(=O)c1cccc(-n2cc(C#N)c(N)c2C(=O)OC)c1C. The summed E-state index contributed by atoms with van der Waals surface area (Å²) in [6.45, 7) is 3.70. The molecule has 0 aliphatic carbocycles. The molecule has 0 spiro atoms. The molecule has 1 aromatic heterocycles. The lowest BCUT2D eigenvalue weighted by Gasteiger charge is -2.14. The Morgan fingerprint density at radius 3 is 2.62 bits per heavy atom. The molecule has 2 N–H and O–H groups in total. The van der Waals surface area contributed by atoms with Crippen molar-refractivity contribution in [3.8, 4) is 11.8 Å². The molecule has 2 rings (SSSR count). The number of nitrogens with two attached hydrogens (primary N) is 1. The lowest BCUT2D eigenvalue weighted by molar-refractivity contribution is 0.0524. The monoisotopic (exact) mass is 327 g/mol. The van der Waals surface area contributed by atoms with Gasteiger partial charge in [-0.2, -0.15) is 5.26 Å². The third-order valence-corrected chi connectivity index (χ3v) is 3.60.